The lowest BCUT2D eigenvalue weighted by molar-refractivity contribution is 0.0770. The molecule has 126 valence electrons. The molecule has 25 heavy (non-hydrogen) atoms. The molecule has 0 unspecified atom stereocenters. The van der Waals surface area contributed by atoms with Gasteiger partial charge in [-0.2, -0.15) is 0 Å². The number of ketones is 1. The fraction of sp³-hybridized carbons (Fsp3) is 0.143. The van der Waals surface area contributed by atoms with Crippen molar-refractivity contribution in [2.45, 2.75) is 13.5 Å². The Kier molecular flexibility index (Phi) is 4.80. The van der Waals surface area contributed by atoms with E-state index in [9.17, 15) is 9.59 Å². The molecular formula is C21H19NO3. The molecule has 2 aromatic carbocycles. The molecule has 4 heteroatoms. The molecule has 0 bridgehead atoms. The summed E-state index contributed by atoms with van der Waals surface area (Å²) in [5.41, 5.74) is 1.36. The highest BCUT2D eigenvalue weighted by molar-refractivity contribution is 6.15. The first-order valence-corrected chi connectivity index (χ1v) is 8.06. The minimum absolute atomic E-state index is 0.160. The Hall–Kier alpha value is -3.14. The fourth-order valence-corrected chi connectivity index (χ4v) is 2.69. The summed E-state index contributed by atoms with van der Waals surface area (Å²) in [6.07, 6.45) is 0. The standard InChI is InChI=1S/C21H19NO3/c1-15-12-13-17(25-15)14-22(2)21(24)19-11-7-6-10-18(19)20(23)16-8-4-3-5-9-16/h3-13H,14H2,1-2H3. The molecule has 0 aliphatic heterocycles. The predicted octanol–water partition coefficient (Wildman–Crippen LogP) is 4.09. The molecule has 1 amide bonds. The Balaban J connectivity index is 1.87. The van der Waals surface area contributed by atoms with E-state index in [4.69, 9.17) is 4.42 Å². The average Bonchev–Trinajstić information content (AvgIpc) is 3.06. The molecule has 0 fully saturated rings. The molecule has 0 spiro atoms. The van der Waals surface area contributed by atoms with Crippen LogP contribution >= 0.6 is 0 Å². The smallest absolute Gasteiger partial charge is 0.254 e. The first-order chi connectivity index (χ1) is 12.1. The van der Waals surface area contributed by atoms with Crippen LogP contribution in [0, 0.1) is 6.92 Å². The van der Waals surface area contributed by atoms with Gasteiger partial charge < -0.3 is 9.32 Å². The lowest BCUT2D eigenvalue weighted by Gasteiger charge is -2.17. The summed E-state index contributed by atoms with van der Waals surface area (Å²) in [7, 11) is 1.70. The van der Waals surface area contributed by atoms with Crippen LogP contribution in [0.5, 0.6) is 0 Å². The van der Waals surface area contributed by atoms with Crippen LogP contribution in [0.25, 0.3) is 0 Å². The van der Waals surface area contributed by atoms with E-state index in [0.717, 1.165) is 5.76 Å². The molecule has 0 saturated heterocycles. The lowest BCUT2D eigenvalue weighted by Crippen LogP contribution is -2.27. The average molecular weight is 333 g/mol. The number of rotatable bonds is 5. The third-order valence-electron chi connectivity index (χ3n) is 3.97. The van der Waals surface area contributed by atoms with Gasteiger partial charge in [0.2, 0.25) is 0 Å². The predicted molar refractivity (Wildman–Crippen MR) is 95.6 cm³/mol. The van der Waals surface area contributed by atoms with Crippen molar-refractivity contribution < 1.29 is 14.0 Å². The fourth-order valence-electron chi connectivity index (χ4n) is 2.69. The maximum Gasteiger partial charge on any atom is 0.254 e. The number of carbonyl (C=O) groups excluding carboxylic acids is 2. The maximum absolute atomic E-state index is 12.8. The van der Waals surface area contributed by atoms with Crippen molar-refractivity contribution >= 4 is 11.7 Å². The molecule has 1 heterocycles. The highest BCUT2D eigenvalue weighted by Gasteiger charge is 2.21. The van der Waals surface area contributed by atoms with E-state index in [1.54, 1.807) is 48.3 Å². The number of hydrogen-bond donors (Lipinski definition) is 0. The normalized spacial score (nSPS) is 10.5. The van der Waals surface area contributed by atoms with Crippen LogP contribution in [-0.4, -0.2) is 23.6 Å². The van der Waals surface area contributed by atoms with Crippen molar-refractivity contribution in [3.8, 4) is 0 Å². The van der Waals surface area contributed by atoms with Crippen LogP contribution in [0.15, 0.2) is 71.1 Å². The van der Waals surface area contributed by atoms with Gasteiger partial charge in [-0.1, -0.05) is 48.5 Å². The molecule has 4 nitrogen and oxygen atoms in total. The van der Waals surface area contributed by atoms with Gasteiger partial charge >= 0.3 is 0 Å². The summed E-state index contributed by atoms with van der Waals surface area (Å²) in [4.78, 5) is 27.2. The van der Waals surface area contributed by atoms with Gasteiger partial charge in [0, 0.05) is 18.2 Å². The van der Waals surface area contributed by atoms with Crippen molar-refractivity contribution in [3.63, 3.8) is 0 Å². The molecule has 0 radical (unpaired) electrons. The van der Waals surface area contributed by atoms with Gasteiger partial charge in [-0.05, 0) is 25.1 Å². The van der Waals surface area contributed by atoms with Gasteiger partial charge in [0.05, 0.1) is 12.1 Å². The van der Waals surface area contributed by atoms with Gasteiger partial charge in [-0.3, -0.25) is 9.59 Å². The van der Waals surface area contributed by atoms with E-state index in [0.29, 0.717) is 29.0 Å². The van der Waals surface area contributed by atoms with Gasteiger partial charge in [0.25, 0.3) is 5.91 Å². The van der Waals surface area contributed by atoms with E-state index < -0.39 is 0 Å². The van der Waals surface area contributed by atoms with Crippen molar-refractivity contribution in [1.29, 1.82) is 0 Å². The summed E-state index contributed by atoms with van der Waals surface area (Å²) < 4.78 is 5.53. The molecule has 3 rings (SSSR count). The van der Waals surface area contributed by atoms with E-state index in [-0.39, 0.29) is 11.7 Å². The maximum atomic E-state index is 12.8. The molecule has 3 aromatic rings. The Bertz CT molecular complexity index is 896. The third kappa shape index (κ3) is 3.69. The molecule has 1 aromatic heterocycles. The van der Waals surface area contributed by atoms with Gasteiger partial charge in [0.15, 0.2) is 5.78 Å². The molecule has 0 aliphatic rings. The zero-order valence-electron chi connectivity index (χ0n) is 14.2. The lowest BCUT2D eigenvalue weighted by atomic mass is 9.97. The number of nitrogens with zero attached hydrogens (tertiary/aromatic N) is 1. The van der Waals surface area contributed by atoms with E-state index >= 15 is 0 Å². The van der Waals surface area contributed by atoms with Crippen LogP contribution in [0.3, 0.4) is 0 Å². The van der Waals surface area contributed by atoms with E-state index in [1.807, 2.05) is 37.3 Å². The number of carbonyl (C=O) groups is 2. The van der Waals surface area contributed by atoms with Crippen LogP contribution in [-0.2, 0) is 6.54 Å². The molecule has 0 N–H and O–H groups in total. The zero-order valence-corrected chi connectivity index (χ0v) is 14.2. The van der Waals surface area contributed by atoms with Crippen LogP contribution in [0.1, 0.15) is 37.8 Å². The highest BCUT2D eigenvalue weighted by Crippen LogP contribution is 2.18. The second-order valence-corrected chi connectivity index (χ2v) is 5.91. The van der Waals surface area contributed by atoms with Crippen molar-refractivity contribution in [2.75, 3.05) is 7.05 Å². The number of hydrogen-bond acceptors (Lipinski definition) is 3. The Morgan fingerprint density at radius 3 is 2.16 bits per heavy atom. The van der Waals surface area contributed by atoms with E-state index in [2.05, 4.69) is 0 Å². The second kappa shape index (κ2) is 7.18. The summed E-state index contributed by atoms with van der Waals surface area (Å²) in [6.45, 7) is 2.21. The largest absolute Gasteiger partial charge is 0.464 e. The van der Waals surface area contributed by atoms with Crippen LogP contribution in [0.4, 0.5) is 0 Å². The topological polar surface area (TPSA) is 50.5 Å². The summed E-state index contributed by atoms with van der Waals surface area (Å²) in [6, 6.07) is 19.6. The Labute approximate surface area is 146 Å². The quantitative estimate of drug-likeness (QED) is 0.661. The summed E-state index contributed by atoms with van der Waals surface area (Å²) in [5, 5.41) is 0. The van der Waals surface area contributed by atoms with Crippen molar-refractivity contribution in [1.82, 2.24) is 4.90 Å². The van der Waals surface area contributed by atoms with Crippen molar-refractivity contribution in [3.05, 3.63) is 94.9 Å². The second-order valence-electron chi connectivity index (χ2n) is 5.91. The number of benzene rings is 2. The molecule has 0 saturated carbocycles. The van der Waals surface area contributed by atoms with E-state index in [1.165, 1.54) is 0 Å². The number of furan rings is 1. The summed E-state index contributed by atoms with van der Waals surface area (Å²) >= 11 is 0. The first kappa shape index (κ1) is 16.7. The highest BCUT2D eigenvalue weighted by atomic mass is 16.3. The monoisotopic (exact) mass is 333 g/mol. The molecular weight excluding hydrogens is 314 g/mol. The Morgan fingerprint density at radius 2 is 1.52 bits per heavy atom. The Morgan fingerprint density at radius 1 is 0.880 bits per heavy atom. The van der Waals surface area contributed by atoms with Crippen molar-refractivity contribution in [2.24, 2.45) is 0 Å². The van der Waals surface area contributed by atoms with Crippen LogP contribution < -0.4 is 0 Å². The van der Waals surface area contributed by atoms with Gasteiger partial charge in [-0.25, -0.2) is 0 Å². The number of aryl methyl sites for hydroxylation is 1. The van der Waals surface area contributed by atoms with Gasteiger partial charge in [0.1, 0.15) is 11.5 Å². The minimum Gasteiger partial charge on any atom is -0.464 e. The molecule has 0 aliphatic carbocycles. The first-order valence-electron chi connectivity index (χ1n) is 8.06. The zero-order chi connectivity index (χ0) is 17.8. The van der Waals surface area contributed by atoms with Crippen LogP contribution in [0.2, 0.25) is 0 Å². The SMILES string of the molecule is Cc1ccc(CN(C)C(=O)c2ccccc2C(=O)c2ccccc2)o1. The third-order valence-corrected chi connectivity index (χ3v) is 3.97. The summed E-state index contributed by atoms with van der Waals surface area (Å²) in [5.74, 6) is 1.14. The van der Waals surface area contributed by atoms with Gasteiger partial charge in [-0.15, -0.1) is 0 Å². The molecule has 0 atom stereocenters. The number of amides is 1. The minimum atomic E-state index is -0.214.